The lowest BCUT2D eigenvalue weighted by atomic mass is 9.94. The number of ether oxygens (including phenoxy) is 1. The number of phenols is 1. The Morgan fingerprint density at radius 1 is 0.952 bits per heavy atom. The second kappa shape index (κ2) is 16.8. The molecule has 0 spiro atoms. The Hall–Kier alpha value is -3.55. The van der Waals surface area contributed by atoms with Gasteiger partial charge in [-0.2, -0.15) is 0 Å². The number of hydrogen-bond donors (Lipinski definition) is 3. The molecule has 0 aliphatic rings. The van der Waals surface area contributed by atoms with Crippen molar-refractivity contribution in [1.29, 1.82) is 0 Å². The highest BCUT2D eigenvalue weighted by molar-refractivity contribution is 5.92. The molecule has 42 heavy (non-hydrogen) atoms. The predicted molar refractivity (Wildman–Crippen MR) is 167 cm³/mol. The first-order valence-corrected chi connectivity index (χ1v) is 15.3. The molecule has 0 aliphatic heterocycles. The van der Waals surface area contributed by atoms with E-state index in [1.807, 2.05) is 44.2 Å². The molecule has 0 saturated heterocycles. The summed E-state index contributed by atoms with van der Waals surface area (Å²) in [6.07, 6.45) is 4.70. The van der Waals surface area contributed by atoms with Crippen LogP contribution in [0.15, 0.2) is 48.5 Å². The number of benzene rings is 2. The van der Waals surface area contributed by atoms with Crippen molar-refractivity contribution >= 4 is 17.9 Å². The molecule has 0 radical (unpaired) electrons. The van der Waals surface area contributed by atoms with E-state index in [1.165, 1.54) is 4.90 Å². The zero-order valence-electron chi connectivity index (χ0n) is 26.5. The molecule has 2 rings (SSSR count). The van der Waals surface area contributed by atoms with Gasteiger partial charge in [-0.05, 0) is 51.2 Å². The third kappa shape index (κ3) is 10.7. The van der Waals surface area contributed by atoms with Gasteiger partial charge in [0.1, 0.15) is 23.4 Å². The van der Waals surface area contributed by atoms with E-state index in [0.717, 1.165) is 31.2 Å². The first-order chi connectivity index (χ1) is 19.9. The van der Waals surface area contributed by atoms with Crippen molar-refractivity contribution in [2.45, 2.75) is 111 Å². The maximum atomic E-state index is 14.4. The smallest absolute Gasteiger partial charge is 0.408 e. The monoisotopic (exact) mass is 581 g/mol. The Labute approximate surface area is 252 Å². The molecule has 8 heteroatoms. The Kier molecular flexibility index (Phi) is 13.8. The number of carbonyl (C=O) groups is 3. The number of carbonyl (C=O) groups excluding carboxylic acids is 3. The molecule has 0 heterocycles. The van der Waals surface area contributed by atoms with Crippen LogP contribution in [0.25, 0.3) is 0 Å². The van der Waals surface area contributed by atoms with Gasteiger partial charge in [-0.25, -0.2) is 4.79 Å². The van der Waals surface area contributed by atoms with Crippen molar-refractivity contribution in [2.24, 2.45) is 5.92 Å². The van der Waals surface area contributed by atoms with Crippen LogP contribution in [0.3, 0.4) is 0 Å². The lowest BCUT2D eigenvalue weighted by molar-refractivity contribution is -0.143. The van der Waals surface area contributed by atoms with E-state index in [0.29, 0.717) is 30.5 Å². The maximum Gasteiger partial charge on any atom is 0.408 e. The van der Waals surface area contributed by atoms with Gasteiger partial charge in [0.15, 0.2) is 0 Å². The number of nitrogens with zero attached hydrogens (tertiary/aromatic N) is 1. The van der Waals surface area contributed by atoms with Gasteiger partial charge in [-0.15, -0.1) is 0 Å². The van der Waals surface area contributed by atoms with Crippen LogP contribution in [0.2, 0.25) is 0 Å². The Morgan fingerprint density at radius 3 is 2.24 bits per heavy atom. The highest BCUT2D eigenvalue weighted by atomic mass is 16.6. The van der Waals surface area contributed by atoms with Gasteiger partial charge in [-0.1, -0.05) is 101 Å². The number of para-hydroxylation sites is 1. The molecule has 8 nitrogen and oxygen atoms in total. The summed E-state index contributed by atoms with van der Waals surface area (Å²) in [6.45, 7) is 13.6. The summed E-state index contributed by atoms with van der Waals surface area (Å²) in [7, 11) is 0. The third-order valence-corrected chi connectivity index (χ3v) is 7.37. The van der Waals surface area contributed by atoms with Crippen LogP contribution in [0.5, 0.6) is 5.75 Å². The molecule has 3 N–H and O–H groups in total. The van der Waals surface area contributed by atoms with Gasteiger partial charge in [-0.3, -0.25) is 9.59 Å². The molecular weight excluding hydrogens is 530 g/mol. The zero-order chi connectivity index (χ0) is 31.3. The van der Waals surface area contributed by atoms with Crippen molar-refractivity contribution in [3.63, 3.8) is 0 Å². The van der Waals surface area contributed by atoms with Crippen molar-refractivity contribution in [1.82, 2.24) is 15.5 Å². The second-order valence-electron chi connectivity index (χ2n) is 12.1. The number of phenolic OH excluding ortho intramolecular Hbond substituents is 1. The number of nitrogens with one attached hydrogen (secondary N) is 2. The van der Waals surface area contributed by atoms with Gasteiger partial charge in [0.2, 0.25) is 11.8 Å². The second-order valence-corrected chi connectivity index (χ2v) is 12.1. The fourth-order valence-corrected chi connectivity index (χ4v) is 4.78. The van der Waals surface area contributed by atoms with Crippen molar-refractivity contribution < 1.29 is 24.2 Å². The fraction of sp³-hybridized carbons (Fsp3) is 0.559. The summed E-state index contributed by atoms with van der Waals surface area (Å²) in [5.74, 6) is -1.04. The summed E-state index contributed by atoms with van der Waals surface area (Å²) in [5.41, 5.74) is 1.13. The molecular formula is C34H51N3O5. The molecule has 0 aromatic heterocycles. The summed E-state index contributed by atoms with van der Waals surface area (Å²) in [6, 6.07) is 12.7. The van der Waals surface area contributed by atoms with Gasteiger partial charge < -0.3 is 25.4 Å². The third-order valence-electron chi connectivity index (χ3n) is 7.37. The maximum absolute atomic E-state index is 14.4. The van der Waals surface area contributed by atoms with E-state index in [2.05, 4.69) is 17.6 Å². The summed E-state index contributed by atoms with van der Waals surface area (Å²) in [5, 5.41) is 16.9. The van der Waals surface area contributed by atoms with E-state index in [4.69, 9.17) is 4.74 Å². The number of aromatic hydroxyl groups is 1. The SMILES string of the molecule is CCCCCCCN(C(=O)C(NC(=O)OC(C)(C)C)C(C)CC)C(C(=O)NCc1ccccc1)c1cccc(C)c1O. The average molecular weight is 582 g/mol. The number of unbranched alkanes of at least 4 members (excludes halogenated alkanes) is 4. The van der Waals surface area contributed by atoms with Crippen LogP contribution >= 0.6 is 0 Å². The minimum atomic E-state index is -1.10. The fourth-order valence-electron chi connectivity index (χ4n) is 4.78. The topological polar surface area (TPSA) is 108 Å². The average Bonchev–Trinajstić information content (AvgIpc) is 2.94. The zero-order valence-corrected chi connectivity index (χ0v) is 26.5. The molecule has 2 aromatic rings. The number of hydrogen-bond acceptors (Lipinski definition) is 5. The van der Waals surface area contributed by atoms with E-state index in [9.17, 15) is 19.5 Å². The van der Waals surface area contributed by atoms with Gasteiger partial charge >= 0.3 is 6.09 Å². The molecule has 3 atom stereocenters. The van der Waals surface area contributed by atoms with E-state index in [1.54, 1.807) is 45.9 Å². The lowest BCUT2D eigenvalue weighted by Gasteiger charge is -2.36. The number of rotatable bonds is 15. The molecule has 3 amide bonds. The van der Waals surface area contributed by atoms with Crippen LogP contribution in [-0.2, 0) is 20.9 Å². The molecule has 232 valence electrons. The molecule has 0 fully saturated rings. The number of aryl methyl sites for hydroxylation is 1. The van der Waals surface area contributed by atoms with Crippen molar-refractivity contribution in [3.05, 3.63) is 65.2 Å². The molecule has 3 unspecified atom stereocenters. The lowest BCUT2D eigenvalue weighted by Crippen LogP contribution is -2.55. The first kappa shape index (κ1) is 34.7. The summed E-state index contributed by atoms with van der Waals surface area (Å²) >= 11 is 0. The Balaban J connectivity index is 2.54. The predicted octanol–water partition coefficient (Wildman–Crippen LogP) is 6.80. The number of amides is 3. The number of alkyl carbamates (subject to hydrolysis) is 1. The van der Waals surface area contributed by atoms with Crippen LogP contribution in [-0.4, -0.2) is 46.1 Å². The van der Waals surface area contributed by atoms with E-state index >= 15 is 0 Å². The molecule has 0 bridgehead atoms. The van der Waals surface area contributed by atoms with Crippen LogP contribution in [0, 0.1) is 12.8 Å². The largest absolute Gasteiger partial charge is 0.507 e. The Morgan fingerprint density at radius 2 is 1.62 bits per heavy atom. The Bertz CT molecular complexity index is 1150. The van der Waals surface area contributed by atoms with Gasteiger partial charge in [0, 0.05) is 18.7 Å². The van der Waals surface area contributed by atoms with Crippen LogP contribution in [0.4, 0.5) is 4.79 Å². The van der Waals surface area contributed by atoms with Crippen LogP contribution < -0.4 is 10.6 Å². The van der Waals surface area contributed by atoms with Crippen molar-refractivity contribution in [2.75, 3.05) is 6.54 Å². The van der Waals surface area contributed by atoms with Crippen LogP contribution in [0.1, 0.15) is 103 Å². The highest BCUT2D eigenvalue weighted by Gasteiger charge is 2.39. The van der Waals surface area contributed by atoms with Crippen molar-refractivity contribution in [3.8, 4) is 5.75 Å². The standard InChI is InChI=1S/C34H51N3O5/c1-8-10-11-12-16-22-37(32(40)28(24(3)9-2)36-33(41)42-34(5,6)7)29(27-21-17-18-25(4)30(27)38)31(39)35-23-26-19-14-13-15-20-26/h13-15,17-21,24,28-29,38H,8-12,16,22-23H2,1-7H3,(H,35,39)(H,36,41). The quantitative estimate of drug-likeness (QED) is 0.201. The van der Waals surface area contributed by atoms with Gasteiger partial charge in [0.05, 0.1) is 0 Å². The van der Waals surface area contributed by atoms with Gasteiger partial charge in [0.25, 0.3) is 0 Å². The van der Waals surface area contributed by atoms with E-state index < -0.39 is 29.7 Å². The highest BCUT2D eigenvalue weighted by Crippen LogP contribution is 2.33. The minimum absolute atomic E-state index is 0.0265. The first-order valence-electron chi connectivity index (χ1n) is 15.3. The normalized spacial score (nSPS) is 13.5. The summed E-state index contributed by atoms with van der Waals surface area (Å²) in [4.78, 5) is 42.8. The molecule has 2 aromatic carbocycles. The minimum Gasteiger partial charge on any atom is -0.507 e. The van der Waals surface area contributed by atoms with E-state index in [-0.39, 0.29) is 24.1 Å². The molecule has 0 aliphatic carbocycles. The summed E-state index contributed by atoms with van der Waals surface area (Å²) < 4.78 is 5.49. The molecule has 0 saturated carbocycles.